The molecule has 0 bridgehead atoms. The normalized spacial score (nSPS) is 10.8. The fraction of sp³-hybridized carbons (Fsp3) is 0.250. The summed E-state index contributed by atoms with van der Waals surface area (Å²) >= 11 is 0. The predicted molar refractivity (Wildman–Crippen MR) is 67.8 cm³/mol. The Balaban J connectivity index is 3.17. The molecule has 0 aliphatic heterocycles. The zero-order valence-corrected chi connectivity index (χ0v) is 11.1. The van der Waals surface area contributed by atoms with Crippen molar-refractivity contribution < 1.29 is 17.9 Å². The number of methoxy groups -OCH3 is 1. The monoisotopic (exact) mass is 269 g/mol. The van der Waals surface area contributed by atoms with Gasteiger partial charge in [0.2, 0.25) is 5.91 Å². The number of carbonyl (C=O) groups is 1. The summed E-state index contributed by atoms with van der Waals surface area (Å²) in [5, 5.41) is 0. The van der Waals surface area contributed by atoms with E-state index < -0.39 is 15.9 Å². The highest BCUT2D eigenvalue weighted by Crippen LogP contribution is 2.19. The van der Waals surface area contributed by atoms with Gasteiger partial charge in [-0.15, -0.1) is 6.58 Å². The lowest BCUT2D eigenvalue weighted by molar-refractivity contribution is -0.123. The van der Waals surface area contributed by atoms with Gasteiger partial charge in [0.15, 0.2) is 0 Å². The van der Waals surface area contributed by atoms with Crippen molar-refractivity contribution >= 4 is 15.9 Å². The van der Waals surface area contributed by atoms with Crippen LogP contribution in [0, 0.1) is 0 Å². The third-order valence-electron chi connectivity index (χ3n) is 2.29. The molecule has 18 heavy (non-hydrogen) atoms. The molecule has 0 aliphatic carbocycles. The van der Waals surface area contributed by atoms with Gasteiger partial charge in [0.25, 0.3) is 10.0 Å². The summed E-state index contributed by atoms with van der Waals surface area (Å²) in [5.74, 6) is -0.00207. The number of carbonyl (C=O) groups excluding carboxylic acids is 1. The van der Waals surface area contributed by atoms with Gasteiger partial charge in [0.1, 0.15) is 5.75 Å². The fourth-order valence-corrected chi connectivity index (χ4v) is 2.76. The largest absolute Gasteiger partial charge is 0.497 e. The summed E-state index contributed by atoms with van der Waals surface area (Å²) in [6.45, 7) is 4.59. The molecule has 0 saturated heterocycles. The Morgan fingerprint density at radius 2 is 1.94 bits per heavy atom. The van der Waals surface area contributed by atoms with Crippen LogP contribution in [0.2, 0.25) is 0 Å². The molecule has 0 aromatic heterocycles. The Morgan fingerprint density at radius 1 is 1.39 bits per heavy atom. The van der Waals surface area contributed by atoms with E-state index in [1.165, 1.54) is 44.4 Å². The predicted octanol–water partition coefficient (Wildman–Crippen LogP) is 1.42. The first-order chi connectivity index (χ1) is 8.43. The van der Waals surface area contributed by atoms with Crippen molar-refractivity contribution in [2.24, 2.45) is 0 Å². The molecule has 1 amide bonds. The van der Waals surface area contributed by atoms with Gasteiger partial charge in [-0.3, -0.25) is 4.79 Å². The second kappa shape index (κ2) is 5.68. The van der Waals surface area contributed by atoms with E-state index in [0.29, 0.717) is 5.75 Å². The first kappa shape index (κ1) is 14.2. The Morgan fingerprint density at radius 3 is 2.33 bits per heavy atom. The zero-order valence-electron chi connectivity index (χ0n) is 10.3. The standard InChI is InChI=1S/C12H15NO4S/c1-4-9-13(10(2)14)18(15,16)12-7-5-11(17-3)6-8-12/h4-8H,1,9H2,2-3H3. The molecular weight excluding hydrogens is 254 g/mol. The summed E-state index contributed by atoms with van der Waals surface area (Å²) in [6, 6.07) is 5.85. The Bertz CT molecular complexity index is 534. The minimum Gasteiger partial charge on any atom is -0.497 e. The van der Waals surface area contributed by atoms with Gasteiger partial charge in [-0.05, 0) is 24.3 Å². The molecule has 0 radical (unpaired) electrons. The van der Waals surface area contributed by atoms with Crippen LogP contribution in [0.3, 0.4) is 0 Å². The van der Waals surface area contributed by atoms with Crippen LogP contribution in [0.4, 0.5) is 0 Å². The molecule has 1 aromatic rings. The summed E-state index contributed by atoms with van der Waals surface area (Å²) in [5.41, 5.74) is 0. The van der Waals surface area contributed by atoms with Crippen LogP contribution >= 0.6 is 0 Å². The van der Waals surface area contributed by atoms with Crippen LogP contribution in [0.5, 0.6) is 5.75 Å². The highest BCUT2D eigenvalue weighted by molar-refractivity contribution is 7.89. The lowest BCUT2D eigenvalue weighted by Gasteiger charge is -2.19. The van der Waals surface area contributed by atoms with Crippen molar-refractivity contribution in [3.63, 3.8) is 0 Å². The molecule has 0 saturated carbocycles. The molecule has 6 heteroatoms. The van der Waals surface area contributed by atoms with Gasteiger partial charge in [-0.25, -0.2) is 12.7 Å². The average molecular weight is 269 g/mol. The van der Waals surface area contributed by atoms with Gasteiger partial charge in [-0.1, -0.05) is 6.08 Å². The average Bonchev–Trinajstić information content (AvgIpc) is 2.35. The maximum absolute atomic E-state index is 12.2. The Kier molecular flexibility index (Phi) is 4.49. The highest BCUT2D eigenvalue weighted by atomic mass is 32.2. The molecule has 98 valence electrons. The second-order valence-electron chi connectivity index (χ2n) is 3.52. The number of hydrogen-bond donors (Lipinski definition) is 0. The van der Waals surface area contributed by atoms with Gasteiger partial charge in [0, 0.05) is 6.92 Å². The van der Waals surface area contributed by atoms with E-state index in [0.717, 1.165) is 4.31 Å². The summed E-state index contributed by atoms with van der Waals surface area (Å²) in [6.07, 6.45) is 1.36. The van der Waals surface area contributed by atoms with Crippen molar-refractivity contribution in [3.8, 4) is 5.75 Å². The van der Waals surface area contributed by atoms with Crippen LogP contribution in [0.1, 0.15) is 6.92 Å². The molecular formula is C12H15NO4S. The minimum absolute atomic E-state index is 0.0420. The number of ether oxygens (including phenoxy) is 1. The quantitative estimate of drug-likeness (QED) is 0.758. The van der Waals surface area contributed by atoms with E-state index in [1.807, 2.05) is 0 Å². The van der Waals surface area contributed by atoms with E-state index >= 15 is 0 Å². The lowest BCUT2D eigenvalue weighted by atomic mass is 10.3. The first-order valence-electron chi connectivity index (χ1n) is 5.21. The van der Waals surface area contributed by atoms with Gasteiger partial charge in [0.05, 0.1) is 18.6 Å². The third kappa shape index (κ3) is 2.89. The van der Waals surface area contributed by atoms with Crippen molar-refractivity contribution in [2.75, 3.05) is 13.7 Å². The molecule has 0 aliphatic rings. The first-order valence-corrected chi connectivity index (χ1v) is 6.65. The molecule has 1 rings (SSSR count). The maximum atomic E-state index is 12.2. The second-order valence-corrected chi connectivity index (χ2v) is 5.38. The lowest BCUT2D eigenvalue weighted by Crippen LogP contribution is -2.35. The minimum atomic E-state index is -3.83. The van der Waals surface area contributed by atoms with E-state index in [1.54, 1.807) is 0 Å². The smallest absolute Gasteiger partial charge is 0.266 e. The fourth-order valence-electron chi connectivity index (χ4n) is 1.39. The van der Waals surface area contributed by atoms with Crippen molar-refractivity contribution in [3.05, 3.63) is 36.9 Å². The number of nitrogens with zero attached hydrogens (tertiary/aromatic N) is 1. The van der Waals surface area contributed by atoms with Crippen LogP contribution in [-0.2, 0) is 14.8 Å². The van der Waals surface area contributed by atoms with Gasteiger partial charge >= 0.3 is 0 Å². The summed E-state index contributed by atoms with van der Waals surface area (Å²) in [7, 11) is -2.34. The van der Waals surface area contributed by atoms with E-state index in [9.17, 15) is 13.2 Å². The molecule has 0 N–H and O–H groups in total. The number of sulfonamides is 1. The van der Waals surface area contributed by atoms with Crippen LogP contribution in [0.25, 0.3) is 0 Å². The molecule has 0 spiro atoms. The van der Waals surface area contributed by atoms with Crippen LogP contribution < -0.4 is 4.74 Å². The van der Waals surface area contributed by atoms with Gasteiger partial charge in [-0.2, -0.15) is 0 Å². The van der Waals surface area contributed by atoms with Crippen molar-refractivity contribution in [2.45, 2.75) is 11.8 Å². The zero-order chi connectivity index (χ0) is 13.8. The van der Waals surface area contributed by atoms with Gasteiger partial charge < -0.3 is 4.74 Å². The maximum Gasteiger partial charge on any atom is 0.266 e. The van der Waals surface area contributed by atoms with Crippen molar-refractivity contribution in [1.82, 2.24) is 4.31 Å². The van der Waals surface area contributed by atoms with E-state index in [-0.39, 0.29) is 11.4 Å². The summed E-state index contributed by atoms with van der Waals surface area (Å²) in [4.78, 5) is 11.4. The van der Waals surface area contributed by atoms with Crippen LogP contribution in [-0.4, -0.2) is 32.3 Å². The number of amides is 1. The Hall–Kier alpha value is -1.82. The molecule has 0 unspecified atom stereocenters. The van der Waals surface area contributed by atoms with Crippen LogP contribution in [0.15, 0.2) is 41.8 Å². The number of hydrogen-bond acceptors (Lipinski definition) is 4. The summed E-state index contributed by atoms with van der Waals surface area (Å²) < 4.78 is 30.1. The Labute approximate surface area is 107 Å². The third-order valence-corrected chi connectivity index (χ3v) is 4.15. The highest BCUT2D eigenvalue weighted by Gasteiger charge is 2.25. The SMILES string of the molecule is C=CCN(C(C)=O)S(=O)(=O)c1ccc(OC)cc1. The molecule has 0 heterocycles. The van der Waals surface area contributed by atoms with E-state index in [4.69, 9.17) is 4.74 Å². The number of benzene rings is 1. The molecule has 0 atom stereocenters. The molecule has 5 nitrogen and oxygen atoms in total. The number of rotatable bonds is 5. The molecule has 1 aromatic carbocycles. The topological polar surface area (TPSA) is 63.7 Å². The molecule has 0 fully saturated rings. The van der Waals surface area contributed by atoms with Crippen molar-refractivity contribution in [1.29, 1.82) is 0 Å². The van der Waals surface area contributed by atoms with E-state index in [2.05, 4.69) is 6.58 Å².